The van der Waals surface area contributed by atoms with Crippen molar-refractivity contribution in [3.63, 3.8) is 0 Å². The molecule has 80 valence electrons. The Labute approximate surface area is 89.8 Å². The van der Waals surface area contributed by atoms with Gasteiger partial charge in [-0.1, -0.05) is 26.5 Å². The monoisotopic (exact) mass is 205 g/mol. The summed E-state index contributed by atoms with van der Waals surface area (Å²) in [6.07, 6.45) is 6.16. The summed E-state index contributed by atoms with van der Waals surface area (Å²) in [6, 6.07) is 0. The molecule has 0 aromatic heterocycles. The molecule has 0 spiro atoms. The van der Waals surface area contributed by atoms with E-state index in [1.54, 1.807) is 0 Å². The van der Waals surface area contributed by atoms with Crippen molar-refractivity contribution in [3.8, 4) is 0 Å². The maximum atomic E-state index is 11.4. The van der Waals surface area contributed by atoms with Gasteiger partial charge in [0, 0.05) is 17.8 Å². The molecule has 0 aliphatic carbocycles. The normalized spacial score (nSPS) is 16.4. The number of hydrogen-bond donors (Lipinski definition) is 0. The first-order chi connectivity index (χ1) is 7.11. The molecule has 1 aliphatic heterocycles. The van der Waals surface area contributed by atoms with Crippen LogP contribution < -0.4 is 0 Å². The minimum Gasteiger partial charge on any atom is -0.269 e. The molecule has 0 saturated carbocycles. The lowest BCUT2D eigenvalue weighted by Crippen LogP contribution is -2.29. The topological polar surface area (TPSA) is 37.4 Å². The third-order valence-corrected chi connectivity index (χ3v) is 2.28. The number of rotatable bonds is 4. The number of allylic oxidation sites excluding steroid dienone is 2. The zero-order valence-corrected chi connectivity index (χ0v) is 9.12. The number of amides is 2. The standard InChI is InChI=1S/C12H15NO2/c1-4-6-10(5-2)9(3)13-11(14)7-8-12(13)15/h6-8H,3-5H2,1-2H3/b10-6-. The number of imide groups is 1. The Bertz CT molecular complexity index is 346. The highest BCUT2D eigenvalue weighted by molar-refractivity contribution is 6.14. The zero-order chi connectivity index (χ0) is 11.4. The molecule has 0 N–H and O–H groups in total. The molecule has 3 heteroatoms. The Morgan fingerprint density at radius 1 is 1.33 bits per heavy atom. The maximum Gasteiger partial charge on any atom is 0.258 e. The van der Waals surface area contributed by atoms with E-state index in [9.17, 15) is 9.59 Å². The van der Waals surface area contributed by atoms with Gasteiger partial charge in [0.2, 0.25) is 0 Å². The average Bonchev–Trinajstić information content (AvgIpc) is 2.54. The van der Waals surface area contributed by atoms with Crippen LogP contribution in [0, 0.1) is 0 Å². The number of nitrogens with zero attached hydrogens (tertiary/aromatic N) is 1. The van der Waals surface area contributed by atoms with Crippen LogP contribution in [0.5, 0.6) is 0 Å². The highest BCUT2D eigenvalue weighted by Gasteiger charge is 2.26. The lowest BCUT2D eigenvalue weighted by atomic mass is 10.1. The average molecular weight is 205 g/mol. The van der Waals surface area contributed by atoms with Crippen LogP contribution in [0.3, 0.4) is 0 Å². The van der Waals surface area contributed by atoms with E-state index in [1.807, 2.05) is 19.9 Å². The third-order valence-electron chi connectivity index (χ3n) is 2.28. The fraction of sp³-hybridized carbons (Fsp3) is 0.333. The second-order valence-corrected chi connectivity index (χ2v) is 3.28. The summed E-state index contributed by atoms with van der Waals surface area (Å²) in [5.41, 5.74) is 1.45. The van der Waals surface area contributed by atoms with Crippen molar-refractivity contribution in [1.82, 2.24) is 4.90 Å². The summed E-state index contributed by atoms with van der Waals surface area (Å²) < 4.78 is 0. The van der Waals surface area contributed by atoms with Gasteiger partial charge < -0.3 is 0 Å². The van der Waals surface area contributed by atoms with Gasteiger partial charge in [-0.3, -0.25) is 9.59 Å². The minimum absolute atomic E-state index is 0.305. The fourth-order valence-electron chi connectivity index (χ4n) is 1.52. The van der Waals surface area contributed by atoms with Gasteiger partial charge in [-0.15, -0.1) is 0 Å². The molecule has 0 aromatic rings. The van der Waals surface area contributed by atoms with E-state index in [2.05, 4.69) is 6.58 Å². The minimum atomic E-state index is -0.305. The van der Waals surface area contributed by atoms with Crippen molar-refractivity contribution in [3.05, 3.63) is 36.1 Å². The second-order valence-electron chi connectivity index (χ2n) is 3.28. The Kier molecular flexibility index (Phi) is 3.61. The molecule has 0 unspecified atom stereocenters. The van der Waals surface area contributed by atoms with Crippen LogP contribution in [-0.2, 0) is 9.59 Å². The fourth-order valence-corrected chi connectivity index (χ4v) is 1.52. The van der Waals surface area contributed by atoms with Crippen LogP contribution in [0.2, 0.25) is 0 Å². The molecule has 2 amide bonds. The van der Waals surface area contributed by atoms with Crippen molar-refractivity contribution in [2.75, 3.05) is 0 Å². The van der Waals surface area contributed by atoms with Gasteiger partial charge >= 0.3 is 0 Å². The molecule has 0 bridgehead atoms. The van der Waals surface area contributed by atoms with E-state index in [0.29, 0.717) is 5.70 Å². The molecular weight excluding hydrogens is 190 g/mol. The van der Waals surface area contributed by atoms with Crippen molar-refractivity contribution in [1.29, 1.82) is 0 Å². The predicted octanol–water partition coefficient (Wildman–Crippen LogP) is 2.17. The van der Waals surface area contributed by atoms with Crippen LogP contribution in [0.15, 0.2) is 36.1 Å². The summed E-state index contributed by atoms with van der Waals surface area (Å²) >= 11 is 0. The summed E-state index contributed by atoms with van der Waals surface area (Å²) in [5, 5.41) is 0. The van der Waals surface area contributed by atoms with Gasteiger partial charge in [-0.2, -0.15) is 0 Å². The van der Waals surface area contributed by atoms with Crippen molar-refractivity contribution < 1.29 is 9.59 Å². The molecule has 0 radical (unpaired) electrons. The number of carbonyl (C=O) groups is 2. The van der Waals surface area contributed by atoms with E-state index in [0.717, 1.165) is 23.3 Å². The Balaban J connectivity index is 2.89. The molecule has 1 heterocycles. The van der Waals surface area contributed by atoms with Gasteiger partial charge in [-0.25, -0.2) is 4.90 Å². The Morgan fingerprint density at radius 3 is 2.27 bits per heavy atom. The molecule has 15 heavy (non-hydrogen) atoms. The molecule has 1 aliphatic rings. The van der Waals surface area contributed by atoms with Crippen molar-refractivity contribution in [2.24, 2.45) is 0 Å². The molecule has 0 saturated heterocycles. The highest BCUT2D eigenvalue weighted by Crippen LogP contribution is 2.20. The van der Waals surface area contributed by atoms with Crippen LogP contribution in [-0.4, -0.2) is 16.7 Å². The van der Waals surface area contributed by atoms with Crippen LogP contribution in [0.25, 0.3) is 0 Å². The summed E-state index contributed by atoms with van der Waals surface area (Å²) in [5.74, 6) is -0.610. The smallest absolute Gasteiger partial charge is 0.258 e. The molecule has 1 rings (SSSR count). The maximum absolute atomic E-state index is 11.4. The molecular formula is C12H15NO2. The number of carbonyl (C=O) groups excluding carboxylic acids is 2. The van der Waals surface area contributed by atoms with Crippen molar-refractivity contribution in [2.45, 2.75) is 26.7 Å². The highest BCUT2D eigenvalue weighted by atomic mass is 16.2. The second kappa shape index (κ2) is 4.73. The first kappa shape index (κ1) is 11.4. The van der Waals surface area contributed by atoms with Gasteiger partial charge in [0.1, 0.15) is 0 Å². The van der Waals surface area contributed by atoms with Crippen LogP contribution in [0.4, 0.5) is 0 Å². The van der Waals surface area contributed by atoms with E-state index in [4.69, 9.17) is 0 Å². The Morgan fingerprint density at radius 2 is 1.87 bits per heavy atom. The quantitative estimate of drug-likeness (QED) is 0.521. The predicted molar refractivity (Wildman–Crippen MR) is 58.8 cm³/mol. The first-order valence-electron chi connectivity index (χ1n) is 5.06. The Hall–Kier alpha value is -1.64. The largest absolute Gasteiger partial charge is 0.269 e. The van der Waals surface area contributed by atoms with Gasteiger partial charge in [-0.05, 0) is 18.4 Å². The van der Waals surface area contributed by atoms with E-state index >= 15 is 0 Å². The molecule has 0 aromatic carbocycles. The number of hydrogen-bond acceptors (Lipinski definition) is 2. The summed E-state index contributed by atoms with van der Waals surface area (Å²) in [7, 11) is 0. The van der Waals surface area contributed by atoms with Crippen molar-refractivity contribution >= 4 is 11.8 Å². The van der Waals surface area contributed by atoms with E-state index in [1.165, 1.54) is 12.2 Å². The molecule has 0 fully saturated rings. The lowest BCUT2D eigenvalue weighted by molar-refractivity contribution is -0.134. The summed E-state index contributed by atoms with van der Waals surface area (Å²) in [6.45, 7) is 7.79. The van der Waals surface area contributed by atoms with E-state index in [-0.39, 0.29) is 11.8 Å². The van der Waals surface area contributed by atoms with Crippen LogP contribution >= 0.6 is 0 Å². The van der Waals surface area contributed by atoms with Gasteiger partial charge in [0.15, 0.2) is 0 Å². The SMILES string of the molecule is C=C(/C(=C\CC)CC)N1C(=O)C=CC1=O. The molecule has 0 atom stereocenters. The zero-order valence-electron chi connectivity index (χ0n) is 9.12. The van der Waals surface area contributed by atoms with Crippen LogP contribution in [0.1, 0.15) is 26.7 Å². The van der Waals surface area contributed by atoms with Gasteiger partial charge in [0.25, 0.3) is 11.8 Å². The summed E-state index contributed by atoms with van der Waals surface area (Å²) in [4.78, 5) is 23.9. The lowest BCUT2D eigenvalue weighted by Gasteiger charge is -2.18. The third kappa shape index (κ3) is 2.24. The molecule has 3 nitrogen and oxygen atoms in total. The van der Waals surface area contributed by atoms with E-state index < -0.39 is 0 Å². The van der Waals surface area contributed by atoms with Gasteiger partial charge in [0.05, 0.1) is 0 Å². The first-order valence-corrected chi connectivity index (χ1v) is 5.06.